The summed E-state index contributed by atoms with van der Waals surface area (Å²) >= 11 is 0. The Morgan fingerprint density at radius 3 is 1.35 bits per heavy atom. The summed E-state index contributed by atoms with van der Waals surface area (Å²) in [4.78, 5) is 1.59. The van der Waals surface area contributed by atoms with Gasteiger partial charge in [0.2, 0.25) is 10.4 Å². The van der Waals surface area contributed by atoms with Gasteiger partial charge in [-0.1, -0.05) is 71.1 Å². The minimum Gasteiger partial charge on any atom is -0.726 e. The summed E-state index contributed by atoms with van der Waals surface area (Å²) in [6.45, 7) is 3.63. The number of unbranched alkanes of at least 4 members (excludes halogenated alkanes) is 11. The molecule has 6 heteroatoms. The zero-order valence-corrected chi connectivity index (χ0v) is 16.6. The van der Waals surface area contributed by atoms with E-state index in [9.17, 15) is 13.0 Å². The number of hydrogen-bond donors (Lipinski definition) is 1. The summed E-state index contributed by atoms with van der Waals surface area (Å²) in [5.74, 6) is 0. The molecule has 0 aliphatic heterocycles. The first kappa shape index (κ1) is 25.1. The number of nitrogens with one attached hydrogen (secondary N) is 1. The largest absolute Gasteiger partial charge is 0.726 e. The summed E-state index contributed by atoms with van der Waals surface area (Å²) in [5.41, 5.74) is 0. The molecule has 0 radical (unpaired) electrons. The molecule has 0 aromatic carbocycles. The van der Waals surface area contributed by atoms with Crippen molar-refractivity contribution < 1.29 is 22.1 Å². The maximum Gasteiger partial charge on any atom is 0.217 e. The van der Waals surface area contributed by atoms with E-state index in [-0.39, 0.29) is 0 Å². The van der Waals surface area contributed by atoms with Crippen LogP contribution in [-0.4, -0.2) is 40.7 Å². The summed E-state index contributed by atoms with van der Waals surface area (Å²) < 4.78 is 31.0. The minimum absolute atomic E-state index is 0.808. The van der Waals surface area contributed by atoms with Crippen LogP contribution in [0.5, 0.6) is 0 Å². The smallest absolute Gasteiger partial charge is 0.217 e. The molecule has 0 aliphatic carbocycles. The molecule has 0 atom stereocenters. The van der Waals surface area contributed by atoms with Crippen LogP contribution in [0.4, 0.5) is 0 Å². The molecule has 0 saturated heterocycles. The van der Waals surface area contributed by atoms with Crippen molar-refractivity contribution in [2.45, 2.75) is 84.0 Å². The Balaban J connectivity index is 0. The summed E-state index contributed by atoms with van der Waals surface area (Å²) in [6, 6.07) is 0. The fraction of sp³-hybridized carbons (Fsp3) is 1.00. The van der Waals surface area contributed by atoms with Crippen molar-refractivity contribution in [3.8, 4) is 0 Å². The van der Waals surface area contributed by atoms with Gasteiger partial charge in [-0.05, 0) is 12.8 Å². The Labute approximate surface area is 144 Å². The van der Waals surface area contributed by atoms with E-state index in [1.807, 2.05) is 0 Å². The number of quaternary nitrogens is 1. The van der Waals surface area contributed by atoms with Crippen LogP contribution in [0.2, 0.25) is 0 Å². The minimum atomic E-state index is -4.41. The third-order valence-electron chi connectivity index (χ3n) is 3.73. The van der Waals surface area contributed by atoms with Crippen LogP contribution in [0.25, 0.3) is 0 Å². The second kappa shape index (κ2) is 18.2. The zero-order valence-electron chi connectivity index (χ0n) is 15.7. The van der Waals surface area contributed by atoms with Gasteiger partial charge in [0.1, 0.15) is 0 Å². The van der Waals surface area contributed by atoms with Crippen molar-refractivity contribution >= 4 is 10.4 Å². The molecule has 23 heavy (non-hydrogen) atoms. The van der Waals surface area contributed by atoms with Crippen LogP contribution in [-0.2, 0) is 14.6 Å². The molecule has 0 aromatic heterocycles. The second-order valence-electron chi connectivity index (χ2n) is 6.42. The van der Waals surface area contributed by atoms with Gasteiger partial charge in [-0.3, -0.25) is 4.18 Å². The van der Waals surface area contributed by atoms with Crippen LogP contribution in [0.15, 0.2) is 0 Å². The van der Waals surface area contributed by atoms with Gasteiger partial charge in [-0.25, -0.2) is 8.42 Å². The fourth-order valence-corrected chi connectivity index (χ4v) is 2.32. The topological polar surface area (TPSA) is 70.9 Å². The molecule has 5 nitrogen and oxygen atoms in total. The molecule has 1 N–H and O–H groups in total. The van der Waals surface area contributed by atoms with Gasteiger partial charge in [0.25, 0.3) is 0 Å². The molecule has 0 aliphatic rings. The Kier molecular flexibility index (Phi) is 19.8. The van der Waals surface area contributed by atoms with Gasteiger partial charge in [0.15, 0.2) is 0 Å². The molecular formula is C17H39NO4S. The van der Waals surface area contributed by atoms with E-state index in [4.69, 9.17) is 0 Å². The molecule has 0 saturated carbocycles. The lowest BCUT2D eigenvalue weighted by Gasteiger charge is -2.06. The quantitative estimate of drug-likeness (QED) is 0.296. The van der Waals surface area contributed by atoms with Crippen LogP contribution in [0, 0.1) is 0 Å². The molecule has 0 heterocycles. The number of rotatable bonds is 14. The molecular weight excluding hydrogens is 314 g/mol. The van der Waals surface area contributed by atoms with Crippen LogP contribution < -0.4 is 4.90 Å². The average Bonchev–Trinajstić information content (AvgIpc) is 2.48. The predicted octanol–water partition coefficient (Wildman–Crippen LogP) is 2.93. The first-order valence-corrected chi connectivity index (χ1v) is 10.5. The summed E-state index contributed by atoms with van der Waals surface area (Å²) in [6.07, 6.45) is 17.4. The number of hydrogen-bond acceptors (Lipinski definition) is 4. The van der Waals surface area contributed by atoms with E-state index >= 15 is 0 Å². The summed E-state index contributed by atoms with van der Waals surface area (Å²) in [7, 11) is 0.893. The van der Waals surface area contributed by atoms with Crippen LogP contribution >= 0.6 is 0 Å². The lowest BCUT2D eigenvalue weighted by atomic mass is 10.1. The zero-order chi connectivity index (χ0) is 18.0. The van der Waals surface area contributed by atoms with Gasteiger partial charge in [-0.15, -0.1) is 0 Å². The van der Waals surface area contributed by atoms with E-state index in [1.165, 1.54) is 83.6 Å². The molecule has 0 fully saturated rings. The second-order valence-corrected chi connectivity index (χ2v) is 7.57. The van der Waals surface area contributed by atoms with Gasteiger partial charge < -0.3 is 9.45 Å². The monoisotopic (exact) mass is 353 g/mol. The van der Waals surface area contributed by atoms with E-state index < -0.39 is 10.4 Å². The van der Waals surface area contributed by atoms with Gasteiger partial charge in [0.05, 0.1) is 27.7 Å². The highest BCUT2D eigenvalue weighted by Gasteiger charge is 1.95. The summed E-state index contributed by atoms with van der Waals surface area (Å²) in [5, 5.41) is 0. The Hall–Kier alpha value is -0.170. The third kappa shape index (κ3) is 30.3. The molecule has 0 bridgehead atoms. The molecule has 0 unspecified atom stereocenters. The Morgan fingerprint density at radius 1 is 0.783 bits per heavy atom. The SMILES string of the molecule is CCCCCCCCCCCCCC[NH+](C)C.COS(=O)(=O)[O-]. The van der Waals surface area contributed by atoms with E-state index in [2.05, 4.69) is 25.2 Å². The molecule has 0 rings (SSSR count). The lowest BCUT2D eigenvalue weighted by Crippen LogP contribution is -3.05. The van der Waals surface area contributed by atoms with Crippen LogP contribution in [0.3, 0.4) is 0 Å². The predicted molar refractivity (Wildman–Crippen MR) is 95.5 cm³/mol. The maximum absolute atomic E-state index is 9.22. The Morgan fingerprint density at radius 2 is 1.09 bits per heavy atom. The molecule has 0 spiro atoms. The molecule has 0 aromatic rings. The van der Waals surface area contributed by atoms with Crippen molar-refractivity contribution in [2.75, 3.05) is 27.7 Å². The van der Waals surface area contributed by atoms with Crippen molar-refractivity contribution in [1.29, 1.82) is 0 Å². The molecule has 0 amide bonds. The highest BCUT2D eigenvalue weighted by molar-refractivity contribution is 7.80. The first-order valence-electron chi connectivity index (χ1n) is 9.14. The van der Waals surface area contributed by atoms with E-state index in [0.29, 0.717) is 0 Å². The lowest BCUT2D eigenvalue weighted by molar-refractivity contribution is -0.858. The fourth-order valence-electron chi connectivity index (χ4n) is 2.32. The highest BCUT2D eigenvalue weighted by Crippen LogP contribution is 2.11. The van der Waals surface area contributed by atoms with Crippen molar-refractivity contribution in [3.63, 3.8) is 0 Å². The standard InChI is InChI=1S/C16H35N.CH4O4S/c1-4-5-6-7-8-9-10-11-12-13-14-15-16-17(2)3;1-5-6(2,3)4/h4-16H2,1-3H3;1H3,(H,2,3,4). The first-order chi connectivity index (χ1) is 10.8. The van der Waals surface area contributed by atoms with Gasteiger partial charge in [0, 0.05) is 0 Å². The normalized spacial score (nSPS) is 11.4. The van der Waals surface area contributed by atoms with Crippen molar-refractivity contribution in [1.82, 2.24) is 0 Å². The van der Waals surface area contributed by atoms with E-state index in [0.717, 1.165) is 7.11 Å². The van der Waals surface area contributed by atoms with Crippen molar-refractivity contribution in [3.05, 3.63) is 0 Å². The van der Waals surface area contributed by atoms with Crippen LogP contribution in [0.1, 0.15) is 84.0 Å². The van der Waals surface area contributed by atoms with Crippen molar-refractivity contribution in [2.24, 2.45) is 0 Å². The van der Waals surface area contributed by atoms with Gasteiger partial charge >= 0.3 is 0 Å². The highest BCUT2D eigenvalue weighted by atomic mass is 32.3. The van der Waals surface area contributed by atoms with Gasteiger partial charge in [-0.2, -0.15) is 0 Å². The third-order valence-corrected chi connectivity index (χ3v) is 4.14. The maximum atomic E-state index is 9.22. The Bertz CT molecular complexity index is 319. The molecule has 142 valence electrons. The van der Waals surface area contributed by atoms with E-state index in [1.54, 1.807) is 4.90 Å². The average molecular weight is 354 g/mol.